The van der Waals surface area contributed by atoms with E-state index in [9.17, 15) is 9.59 Å². The summed E-state index contributed by atoms with van der Waals surface area (Å²) in [7, 11) is 0. The van der Waals surface area contributed by atoms with Crippen LogP contribution in [0.2, 0.25) is 5.02 Å². The molecule has 0 bridgehead atoms. The van der Waals surface area contributed by atoms with E-state index < -0.39 is 17.9 Å². The van der Waals surface area contributed by atoms with Gasteiger partial charge in [0.05, 0.1) is 11.4 Å². The van der Waals surface area contributed by atoms with Crippen LogP contribution >= 0.6 is 11.6 Å². The van der Waals surface area contributed by atoms with E-state index in [1.165, 1.54) is 11.6 Å². The fraction of sp³-hybridized carbons (Fsp3) is 0.105. The zero-order valence-electron chi connectivity index (χ0n) is 14.0. The van der Waals surface area contributed by atoms with E-state index in [-0.39, 0.29) is 0 Å². The van der Waals surface area contributed by atoms with E-state index in [0.29, 0.717) is 16.4 Å². The van der Waals surface area contributed by atoms with Crippen molar-refractivity contribution in [1.82, 2.24) is 15.1 Å². The number of hydrogen-bond donors (Lipinski definition) is 2. The molecule has 3 rings (SSSR count). The summed E-state index contributed by atoms with van der Waals surface area (Å²) in [5.74, 6) is -1.05. The topological polar surface area (TPSA) is 90.0 Å². The molecule has 0 fully saturated rings. The standard InChI is InChI=1S/C19H17ClN4O2/c1-12(18(21)25)22-19(26)17-11-16(13-7-9-14(20)10-8-13)23-24(17)15-5-3-2-4-6-15/h2-12H,1H3,(H2,21,25)(H,22,26)/t12-/m0/s1. The number of nitrogens with two attached hydrogens (primary N) is 1. The molecule has 0 unspecified atom stereocenters. The number of rotatable bonds is 5. The molecule has 0 aliphatic carbocycles. The van der Waals surface area contributed by atoms with Crippen LogP contribution in [-0.4, -0.2) is 27.6 Å². The van der Waals surface area contributed by atoms with Crippen molar-refractivity contribution in [1.29, 1.82) is 0 Å². The van der Waals surface area contributed by atoms with Crippen LogP contribution in [0.3, 0.4) is 0 Å². The van der Waals surface area contributed by atoms with Crippen LogP contribution in [0.5, 0.6) is 0 Å². The van der Waals surface area contributed by atoms with Gasteiger partial charge >= 0.3 is 0 Å². The molecule has 132 valence electrons. The quantitative estimate of drug-likeness (QED) is 0.725. The summed E-state index contributed by atoms with van der Waals surface area (Å²) in [4.78, 5) is 23.9. The predicted molar refractivity (Wildman–Crippen MR) is 100 cm³/mol. The van der Waals surface area contributed by atoms with Crippen molar-refractivity contribution in [3.63, 3.8) is 0 Å². The van der Waals surface area contributed by atoms with Crippen LogP contribution in [0.15, 0.2) is 60.7 Å². The fourth-order valence-corrected chi connectivity index (χ4v) is 2.54. The third-order valence-corrected chi connectivity index (χ3v) is 4.11. The number of nitrogens with zero attached hydrogens (tertiary/aromatic N) is 2. The Hall–Kier alpha value is -3.12. The van der Waals surface area contributed by atoms with Gasteiger partial charge in [-0.05, 0) is 37.3 Å². The van der Waals surface area contributed by atoms with Gasteiger partial charge in [-0.2, -0.15) is 5.10 Å². The number of hydrogen-bond acceptors (Lipinski definition) is 3. The Bertz CT molecular complexity index is 936. The molecule has 7 heteroatoms. The number of benzene rings is 2. The normalized spacial score (nSPS) is 11.8. The number of primary amides is 1. The van der Waals surface area contributed by atoms with E-state index >= 15 is 0 Å². The molecule has 0 spiro atoms. The van der Waals surface area contributed by atoms with Gasteiger partial charge in [-0.15, -0.1) is 0 Å². The molecule has 2 aromatic carbocycles. The lowest BCUT2D eigenvalue weighted by Gasteiger charge is -2.11. The van der Waals surface area contributed by atoms with Gasteiger partial charge in [0.25, 0.3) is 5.91 Å². The van der Waals surface area contributed by atoms with E-state index in [4.69, 9.17) is 17.3 Å². The second-order valence-corrected chi connectivity index (χ2v) is 6.20. The molecule has 0 aliphatic heterocycles. The molecule has 3 aromatic rings. The van der Waals surface area contributed by atoms with Crippen LogP contribution in [0.25, 0.3) is 16.9 Å². The number of carbonyl (C=O) groups is 2. The van der Waals surface area contributed by atoms with Gasteiger partial charge in [0.15, 0.2) is 0 Å². The molecular formula is C19H17ClN4O2. The van der Waals surface area contributed by atoms with E-state index in [0.717, 1.165) is 11.3 Å². The van der Waals surface area contributed by atoms with Crippen molar-refractivity contribution < 1.29 is 9.59 Å². The molecule has 0 saturated heterocycles. The average molecular weight is 369 g/mol. The Kier molecular flexibility index (Phi) is 5.04. The lowest BCUT2D eigenvalue weighted by molar-refractivity contribution is -0.119. The highest BCUT2D eigenvalue weighted by atomic mass is 35.5. The monoisotopic (exact) mass is 368 g/mol. The lowest BCUT2D eigenvalue weighted by atomic mass is 10.1. The van der Waals surface area contributed by atoms with Crippen molar-refractivity contribution in [2.75, 3.05) is 0 Å². The highest BCUT2D eigenvalue weighted by Gasteiger charge is 2.20. The molecule has 0 radical (unpaired) electrons. The van der Waals surface area contributed by atoms with Crippen molar-refractivity contribution >= 4 is 23.4 Å². The Morgan fingerprint density at radius 3 is 2.38 bits per heavy atom. The summed E-state index contributed by atoms with van der Waals surface area (Å²) in [5.41, 5.74) is 7.69. The minimum atomic E-state index is -0.791. The van der Waals surface area contributed by atoms with Gasteiger partial charge in [-0.1, -0.05) is 41.9 Å². The molecule has 1 atom stereocenters. The molecule has 1 aromatic heterocycles. The molecular weight excluding hydrogens is 352 g/mol. The smallest absolute Gasteiger partial charge is 0.270 e. The number of nitrogens with one attached hydrogen (secondary N) is 1. The van der Waals surface area contributed by atoms with Crippen LogP contribution in [0, 0.1) is 0 Å². The molecule has 0 saturated carbocycles. The largest absolute Gasteiger partial charge is 0.368 e. The first-order valence-corrected chi connectivity index (χ1v) is 8.35. The zero-order chi connectivity index (χ0) is 18.7. The second-order valence-electron chi connectivity index (χ2n) is 5.77. The summed E-state index contributed by atoms with van der Waals surface area (Å²) < 4.78 is 1.53. The minimum Gasteiger partial charge on any atom is -0.368 e. The number of carbonyl (C=O) groups excluding carboxylic acids is 2. The van der Waals surface area contributed by atoms with Crippen LogP contribution in [0.1, 0.15) is 17.4 Å². The zero-order valence-corrected chi connectivity index (χ0v) is 14.8. The van der Waals surface area contributed by atoms with Crippen molar-refractivity contribution in [3.05, 3.63) is 71.4 Å². The molecule has 26 heavy (non-hydrogen) atoms. The van der Waals surface area contributed by atoms with Gasteiger partial charge in [0, 0.05) is 10.6 Å². The first-order valence-electron chi connectivity index (χ1n) is 7.97. The average Bonchev–Trinajstić information content (AvgIpc) is 3.08. The molecule has 1 heterocycles. The van der Waals surface area contributed by atoms with Crippen molar-refractivity contribution in [2.24, 2.45) is 5.73 Å². The summed E-state index contributed by atoms with van der Waals surface area (Å²) in [6, 6.07) is 17.3. The fourth-order valence-electron chi connectivity index (χ4n) is 2.41. The SMILES string of the molecule is C[C@H](NC(=O)c1cc(-c2ccc(Cl)cc2)nn1-c1ccccc1)C(N)=O. The second kappa shape index (κ2) is 7.41. The maximum Gasteiger partial charge on any atom is 0.270 e. The number of halogens is 1. The lowest BCUT2D eigenvalue weighted by Crippen LogP contribution is -2.42. The highest BCUT2D eigenvalue weighted by molar-refractivity contribution is 6.30. The van der Waals surface area contributed by atoms with Crippen LogP contribution in [-0.2, 0) is 4.79 Å². The summed E-state index contributed by atoms with van der Waals surface area (Å²) >= 11 is 5.94. The third-order valence-electron chi connectivity index (χ3n) is 3.86. The molecule has 0 aliphatic rings. The third kappa shape index (κ3) is 3.75. The van der Waals surface area contributed by atoms with Crippen molar-refractivity contribution in [3.8, 4) is 16.9 Å². The maximum atomic E-state index is 12.7. The van der Waals surface area contributed by atoms with Crippen LogP contribution in [0.4, 0.5) is 0 Å². The Morgan fingerprint density at radius 2 is 1.77 bits per heavy atom. The molecule has 6 nitrogen and oxygen atoms in total. The molecule has 2 amide bonds. The Labute approximate surface area is 155 Å². The Morgan fingerprint density at radius 1 is 1.12 bits per heavy atom. The maximum absolute atomic E-state index is 12.7. The van der Waals surface area contributed by atoms with Gasteiger partial charge in [-0.25, -0.2) is 4.68 Å². The van der Waals surface area contributed by atoms with Gasteiger partial charge < -0.3 is 11.1 Å². The summed E-state index contributed by atoms with van der Waals surface area (Å²) in [6.45, 7) is 1.53. The van der Waals surface area contributed by atoms with Gasteiger partial charge in [0.2, 0.25) is 5.91 Å². The minimum absolute atomic E-state index is 0.300. The van der Waals surface area contributed by atoms with Gasteiger partial charge in [-0.3, -0.25) is 9.59 Å². The number of amides is 2. The Balaban J connectivity index is 2.05. The summed E-state index contributed by atoms with van der Waals surface area (Å²) in [5, 5.41) is 7.75. The molecule has 3 N–H and O–H groups in total. The van der Waals surface area contributed by atoms with Crippen LogP contribution < -0.4 is 11.1 Å². The first-order chi connectivity index (χ1) is 12.5. The van der Waals surface area contributed by atoms with Crippen molar-refractivity contribution in [2.45, 2.75) is 13.0 Å². The first kappa shape index (κ1) is 17.7. The highest BCUT2D eigenvalue weighted by Crippen LogP contribution is 2.23. The predicted octanol–water partition coefficient (Wildman–Crippen LogP) is 2.80. The van der Waals surface area contributed by atoms with E-state index in [2.05, 4.69) is 10.4 Å². The van der Waals surface area contributed by atoms with E-state index in [1.54, 1.807) is 18.2 Å². The number of para-hydroxylation sites is 1. The number of aromatic nitrogens is 2. The van der Waals surface area contributed by atoms with E-state index in [1.807, 2.05) is 42.5 Å². The summed E-state index contributed by atoms with van der Waals surface area (Å²) in [6.07, 6.45) is 0. The van der Waals surface area contributed by atoms with Gasteiger partial charge in [0.1, 0.15) is 11.7 Å².